The lowest BCUT2D eigenvalue weighted by Crippen LogP contribution is -2.45. The highest BCUT2D eigenvalue weighted by Crippen LogP contribution is 2.28. The Kier molecular flexibility index (Phi) is 3.77. The third-order valence-corrected chi connectivity index (χ3v) is 4.93. The van der Waals surface area contributed by atoms with Gasteiger partial charge in [0.2, 0.25) is 0 Å². The zero-order valence-electron chi connectivity index (χ0n) is 13.4. The van der Waals surface area contributed by atoms with Gasteiger partial charge in [0.05, 0.1) is 16.6 Å². The van der Waals surface area contributed by atoms with E-state index in [-0.39, 0.29) is 5.91 Å². The summed E-state index contributed by atoms with van der Waals surface area (Å²) in [5.74, 6) is 0.958. The van der Waals surface area contributed by atoms with Crippen LogP contribution in [0.15, 0.2) is 16.8 Å². The molecule has 3 heterocycles. The van der Waals surface area contributed by atoms with Gasteiger partial charge in [-0.05, 0) is 51.1 Å². The topological polar surface area (TPSA) is 71.3 Å². The Morgan fingerprint density at radius 3 is 2.87 bits per heavy atom. The highest BCUT2D eigenvalue weighted by atomic mass is 16.5. The molecular weight excluding hydrogens is 292 g/mol. The number of likely N-dealkylation sites (tertiary alicyclic amines) is 1. The van der Waals surface area contributed by atoms with Crippen molar-refractivity contribution >= 4 is 17.0 Å². The van der Waals surface area contributed by atoms with Crippen molar-refractivity contribution in [2.75, 3.05) is 19.6 Å². The molecule has 0 atom stereocenters. The fourth-order valence-corrected chi connectivity index (χ4v) is 3.19. The number of carbonyl (C=O) groups excluding carboxylic acids is 1. The van der Waals surface area contributed by atoms with Gasteiger partial charge in [0.25, 0.3) is 11.6 Å². The van der Waals surface area contributed by atoms with Crippen LogP contribution in [-0.4, -0.2) is 46.6 Å². The van der Waals surface area contributed by atoms with Crippen LogP contribution in [0.5, 0.6) is 0 Å². The smallest absolute Gasteiger partial charge is 0.257 e. The summed E-state index contributed by atoms with van der Waals surface area (Å²) in [4.78, 5) is 18.8. The zero-order chi connectivity index (χ0) is 15.8. The van der Waals surface area contributed by atoms with Crippen LogP contribution in [0.2, 0.25) is 0 Å². The number of amides is 1. The summed E-state index contributed by atoms with van der Waals surface area (Å²) in [7, 11) is 0. The van der Waals surface area contributed by atoms with E-state index in [0.717, 1.165) is 49.5 Å². The predicted octanol–water partition coefficient (Wildman–Crippen LogP) is 2.14. The molecule has 6 nitrogen and oxygen atoms in total. The van der Waals surface area contributed by atoms with Crippen LogP contribution >= 0.6 is 0 Å². The summed E-state index contributed by atoms with van der Waals surface area (Å²) >= 11 is 0. The van der Waals surface area contributed by atoms with Crippen LogP contribution in [0.1, 0.15) is 41.7 Å². The first-order chi connectivity index (χ1) is 11.2. The van der Waals surface area contributed by atoms with Crippen LogP contribution in [0.3, 0.4) is 0 Å². The molecule has 1 N–H and O–H groups in total. The average molecular weight is 314 g/mol. The summed E-state index contributed by atoms with van der Waals surface area (Å²) in [6, 6.07) is 2.40. The fourth-order valence-electron chi connectivity index (χ4n) is 3.19. The van der Waals surface area contributed by atoms with Gasteiger partial charge in [0.15, 0.2) is 0 Å². The van der Waals surface area contributed by atoms with Crippen LogP contribution < -0.4 is 5.32 Å². The zero-order valence-corrected chi connectivity index (χ0v) is 13.4. The molecule has 0 unspecified atom stereocenters. The van der Waals surface area contributed by atoms with Gasteiger partial charge in [-0.1, -0.05) is 5.16 Å². The number of nitrogens with zero attached hydrogens (tertiary/aromatic N) is 3. The highest BCUT2D eigenvalue weighted by Gasteiger charge is 2.26. The van der Waals surface area contributed by atoms with E-state index in [2.05, 4.69) is 15.5 Å². The summed E-state index contributed by atoms with van der Waals surface area (Å²) in [6.07, 6.45) is 6.40. The van der Waals surface area contributed by atoms with E-state index < -0.39 is 0 Å². The molecule has 0 aromatic carbocycles. The van der Waals surface area contributed by atoms with Crippen molar-refractivity contribution in [3.05, 3.63) is 23.5 Å². The van der Waals surface area contributed by atoms with Crippen LogP contribution in [0.25, 0.3) is 11.1 Å². The maximum atomic E-state index is 12.7. The van der Waals surface area contributed by atoms with Crippen LogP contribution in [0.4, 0.5) is 0 Å². The Bertz CT molecular complexity index is 714. The lowest BCUT2D eigenvalue weighted by atomic mass is 10.0. The Morgan fingerprint density at radius 2 is 2.13 bits per heavy atom. The summed E-state index contributed by atoms with van der Waals surface area (Å²) in [5.41, 5.74) is 1.88. The number of hydrogen-bond donors (Lipinski definition) is 1. The Balaban J connectivity index is 1.39. The number of nitrogens with one attached hydrogen (secondary N) is 1. The second kappa shape index (κ2) is 5.92. The third kappa shape index (κ3) is 3.08. The lowest BCUT2D eigenvalue weighted by Gasteiger charge is -2.32. The molecule has 2 aromatic rings. The van der Waals surface area contributed by atoms with Crippen molar-refractivity contribution in [1.82, 2.24) is 20.4 Å². The molecule has 0 spiro atoms. The monoisotopic (exact) mass is 314 g/mol. The molecule has 1 saturated heterocycles. The van der Waals surface area contributed by atoms with E-state index in [4.69, 9.17) is 4.52 Å². The van der Waals surface area contributed by atoms with Gasteiger partial charge in [-0.3, -0.25) is 4.79 Å². The van der Waals surface area contributed by atoms with E-state index in [1.807, 2.05) is 17.9 Å². The summed E-state index contributed by atoms with van der Waals surface area (Å²) < 4.78 is 5.10. The first-order valence-electron chi connectivity index (χ1n) is 8.45. The minimum atomic E-state index is 0.0562. The average Bonchev–Trinajstić information content (AvgIpc) is 3.35. The Labute approximate surface area is 135 Å². The van der Waals surface area contributed by atoms with E-state index in [0.29, 0.717) is 17.3 Å². The number of pyridine rings is 1. The molecule has 2 fully saturated rings. The number of fused-ring (bicyclic) bond motifs is 1. The predicted molar refractivity (Wildman–Crippen MR) is 86.2 cm³/mol. The minimum Gasteiger partial charge on any atom is -0.338 e. The molecule has 4 rings (SSSR count). The molecule has 0 bridgehead atoms. The molecule has 122 valence electrons. The molecule has 0 radical (unpaired) electrons. The quantitative estimate of drug-likeness (QED) is 0.936. The van der Waals surface area contributed by atoms with Gasteiger partial charge in [-0.15, -0.1) is 0 Å². The minimum absolute atomic E-state index is 0.0562. The molecule has 1 saturated carbocycles. The first kappa shape index (κ1) is 14.6. The third-order valence-electron chi connectivity index (χ3n) is 4.93. The fraction of sp³-hybridized carbons (Fsp3) is 0.588. The van der Waals surface area contributed by atoms with Gasteiger partial charge in [0, 0.05) is 25.3 Å². The molecule has 1 aliphatic heterocycles. The van der Waals surface area contributed by atoms with Crippen molar-refractivity contribution in [2.45, 2.75) is 38.6 Å². The van der Waals surface area contributed by atoms with E-state index in [9.17, 15) is 4.79 Å². The molecule has 2 aliphatic rings. The largest absolute Gasteiger partial charge is 0.338 e. The van der Waals surface area contributed by atoms with Crippen molar-refractivity contribution in [3.8, 4) is 0 Å². The normalized spacial score (nSPS) is 19.4. The molecule has 2 aromatic heterocycles. The maximum absolute atomic E-state index is 12.7. The molecule has 6 heteroatoms. The van der Waals surface area contributed by atoms with Crippen molar-refractivity contribution in [3.63, 3.8) is 0 Å². The van der Waals surface area contributed by atoms with E-state index >= 15 is 0 Å². The van der Waals surface area contributed by atoms with Gasteiger partial charge in [-0.25, -0.2) is 4.98 Å². The Hall–Kier alpha value is -1.95. The highest BCUT2D eigenvalue weighted by molar-refractivity contribution is 5.97. The number of hydrogen-bond acceptors (Lipinski definition) is 5. The van der Waals surface area contributed by atoms with Gasteiger partial charge in [0.1, 0.15) is 0 Å². The summed E-state index contributed by atoms with van der Waals surface area (Å²) in [6.45, 7) is 4.62. The van der Waals surface area contributed by atoms with Gasteiger partial charge < -0.3 is 14.7 Å². The molecule has 1 aliphatic carbocycles. The van der Waals surface area contributed by atoms with E-state index in [1.54, 1.807) is 6.20 Å². The number of piperidine rings is 1. The van der Waals surface area contributed by atoms with Crippen molar-refractivity contribution < 1.29 is 9.32 Å². The SMILES string of the molecule is Cc1noc2ncc(C(=O)N3CCC(NCC4CC4)CC3)cc12. The number of aromatic nitrogens is 2. The van der Waals surface area contributed by atoms with E-state index in [1.165, 1.54) is 12.8 Å². The number of aryl methyl sites for hydroxylation is 1. The van der Waals surface area contributed by atoms with Crippen molar-refractivity contribution in [2.24, 2.45) is 5.92 Å². The van der Waals surface area contributed by atoms with Crippen LogP contribution in [0, 0.1) is 12.8 Å². The second-order valence-corrected chi connectivity index (χ2v) is 6.76. The first-order valence-corrected chi connectivity index (χ1v) is 8.45. The Morgan fingerprint density at radius 1 is 1.35 bits per heavy atom. The molecule has 23 heavy (non-hydrogen) atoms. The maximum Gasteiger partial charge on any atom is 0.257 e. The second-order valence-electron chi connectivity index (χ2n) is 6.76. The van der Waals surface area contributed by atoms with Crippen molar-refractivity contribution in [1.29, 1.82) is 0 Å². The summed E-state index contributed by atoms with van der Waals surface area (Å²) in [5, 5.41) is 8.34. The molecule has 1 amide bonds. The number of rotatable bonds is 4. The molecular formula is C17H22N4O2. The number of carbonyl (C=O) groups is 1. The lowest BCUT2D eigenvalue weighted by molar-refractivity contribution is 0.0704. The van der Waals surface area contributed by atoms with Gasteiger partial charge >= 0.3 is 0 Å². The van der Waals surface area contributed by atoms with Gasteiger partial charge in [-0.2, -0.15) is 0 Å². The van der Waals surface area contributed by atoms with Crippen LogP contribution in [-0.2, 0) is 0 Å². The standard InChI is InChI=1S/C17H22N4O2/c1-11-15-8-13(10-19-16(15)23-20-11)17(22)21-6-4-14(5-7-21)18-9-12-2-3-12/h8,10,12,14,18H,2-7,9H2,1H3.